The van der Waals surface area contributed by atoms with Crippen molar-refractivity contribution in [1.82, 2.24) is 4.90 Å². The van der Waals surface area contributed by atoms with Crippen LogP contribution in [0.4, 0.5) is 13.6 Å². The van der Waals surface area contributed by atoms with Crippen molar-refractivity contribution in [1.29, 1.82) is 0 Å². The van der Waals surface area contributed by atoms with Gasteiger partial charge in [0.1, 0.15) is 6.61 Å². The fourth-order valence-electron chi connectivity index (χ4n) is 2.37. The number of hydrogen-bond acceptors (Lipinski definition) is 4. The second-order valence-corrected chi connectivity index (χ2v) is 8.22. The van der Waals surface area contributed by atoms with E-state index in [2.05, 4.69) is 0 Å². The van der Waals surface area contributed by atoms with Gasteiger partial charge in [-0.3, -0.25) is 0 Å². The molecule has 0 saturated carbocycles. The zero-order chi connectivity index (χ0) is 17.1. The Morgan fingerprint density at radius 2 is 2.00 bits per heavy atom. The molecule has 0 aromatic heterocycles. The molecule has 0 spiro atoms. The molecular formula is C14H16ClF2NO4S. The van der Waals surface area contributed by atoms with E-state index in [1.807, 2.05) is 6.07 Å². The van der Waals surface area contributed by atoms with Crippen molar-refractivity contribution in [3.05, 3.63) is 35.9 Å². The maximum absolute atomic E-state index is 13.8. The summed E-state index contributed by atoms with van der Waals surface area (Å²) in [5.74, 6) is -5.61. The van der Waals surface area contributed by atoms with Crippen LogP contribution in [0.5, 0.6) is 0 Å². The van der Waals surface area contributed by atoms with Crippen molar-refractivity contribution >= 4 is 25.8 Å². The number of rotatable bonds is 4. The number of alkyl halides is 2. The monoisotopic (exact) mass is 367 g/mol. The predicted octanol–water partition coefficient (Wildman–Crippen LogP) is 2.85. The molecule has 5 nitrogen and oxygen atoms in total. The lowest BCUT2D eigenvalue weighted by molar-refractivity contribution is -0.0938. The van der Waals surface area contributed by atoms with E-state index in [1.54, 1.807) is 24.3 Å². The van der Waals surface area contributed by atoms with E-state index in [0.717, 1.165) is 10.5 Å². The second kappa shape index (κ2) is 7.00. The van der Waals surface area contributed by atoms with E-state index in [0.29, 0.717) is 0 Å². The molecule has 0 bridgehead atoms. The van der Waals surface area contributed by atoms with Crippen LogP contribution >= 0.6 is 10.7 Å². The Balaban J connectivity index is 1.96. The van der Waals surface area contributed by atoms with Gasteiger partial charge in [0.2, 0.25) is 9.05 Å². The lowest BCUT2D eigenvalue weighted by atomic mass is 9.95. The van der Waals surface area contributed by atoms with Crippen molar-refractivity contribution in [2.75, 3.05) is 18.8 Å². The first-order valence-corrected chi connectivity index (χ1v) is 9.41. The Labute approximate surface area is 137 Å². The van der Waals surface area contributed by atoms with Gasteiger partial charge in [0.05, 0.1) is 11.7 Å². The maximum Gasteiger partial charge on any atom is 0.410 e. The number of hydrogen-bond donors (Lipinski definition) is 0. The first kappa shape index (κ1) is 17.9. The molecule has 0 aliphatic carbocycles. The average molecular weight is 368 g/mol. The smallest absolute Gasteiger partial charge is 0.410 e. The number of ether oxygens (including phenoxy) is 1. The van der Waals surface area contributed by atoms with Gasteiger partial charge in [0, 0.05) is 30.2 Å². The van der Waals surface area contributed by atoms with Crippen LogP contribution in [0.2, 0.25) is 0 Å². The first-order chi connectivity index (χ1) is 10.7. The molecule has 1 aromatic carbocycles. The van der Waals surface area contributed by atoms with Crippen LogP contribution in [-0.4, -0.2) is 44.2 Å². The molecule has 0 radical (unpaired) electrons. The number of carbonyl (C=O) groups excluding carboxylic acids is 1. The van der Waals surface area contributed by atoms with Gasteiger partial charge < -0.3 is 9.64 Å². The van der Waals surface area contributed by atoms with Gasteiger partial charge in [-0.15, -0.1) is 0 Å². The number of amides is 1. The number of halogens is 3. The Morgan fingerprint density at radius 1 is 1.35 bits per heavy atom. The molecular weight excluding hydrogens is 352 g/mol. The standard InChI is InChI=1S/C14H16ClF2NO4S/c15-23(20,21)10-12-8-18(7-6-14(12,16)17)13(19)22-9-11-4-2-1-3-5-11/h1-5,12H,6-10H2. The minimum Gasteiger partial charge on any atom is -0.445 e. The fraction of sp³-hybridized carbons (Fsp3) is 0.500. The lowest BCUT2D eigenvalue weighted by Gasteiger charge is -2.37. The zero-order valence-electron chi connectivity index (χ0n) is 12.1. The van der Waals surface area contributed by atoms with E-state index in [4.69, 9.17) is 15.4 Å². The molecule has 1 aromatic rings. The second-order valence-electron chi connectivity index (χ2n) is 5.40. The Bertz CT molecular complexity index is 654. The lowest BCUT2D eigenvalue weighted by Crippen LogP contribution is -2.51. The van der Waals surface area contributed by atoms with Crippen LogP contribution in [0.3, 0.4) is 0 Å². The van der Waals surface area contributed by atoms with E-state index >= 15 is 0 Å². The summed E-state index contributed by atoms with van der Waals surface area (Å²) in [6.45, 7) is -0.586. The average Bonchev–Trinajstić information content (AvgIpc) is 2.46. The summed E-state index contributed by atoms with van der Waals surface area (Å²) < 4.78 is 54.8. The Kier molecular flexibility index (Phi) is 5.46. The summed E-state index contributed by atoms with van der Waals surface area (Å²) in [6.07, 6.45) is -1.37. The molecule has 1 aliphatic rings. The molecule has 23 heavy (non-hydrogen) atoms. The van der Waals surface area contributed by atoms with Gasteiger partial charge >= 0.3 is 6.09 Å². The van der Waals surface area contributed by atoms with Gasteiger partial charge in [0.15, 0.2) is 0 Å². The Morgan fingerprint density at radius 3 is 2.61 bits per heavy atom. The van der Waals surface area contributed by atoms with Crippen molar-refractivity contribution in [2.45, 2.75) is 19.0 Å². The quantitative estimate of drug-likeness (QED) is 0.768. The van der Waals surface area contributed by atoms with Crippen LogP contribution in [0.1, 0.15) is 12.0 Å². The highest BCUT2D eigenvalue weighted by molar-refractivity contribution is 8.13. The molecule has 1 aliphatic heterocycles. The molecule has 1 amide bonds. The zero-order valence-corrected chi connectivity index (χ0v) is 13.7. The molecule has 1 saturated heterocycles. The third kappa shape index (κ3) is 5.31. The van der Waals surface area contributed by atoms with E-state index in [-0.39, 0.29) is 13.2 Å². The van der Waals surface area contributed by atoms with E-state index in [9.17, 15) is 22.0 Å². The van der Waals surface area contributed by atoms with Crippen molar-refractivity contribution in [2.24, 2.45) is 5.92 Å². The number of piperidine rings is 1. The van der Waals surface area contributed by atoms with Gasteiger partial charge in [-0.25, -0.2) is 22.0 Å². The van der Waals surface area contributed by atoms with Crippen LogP contribution in [-0.2, 0) is 20.4 Å². The SMILES string of the molecule is O=C(OCc1ccccc1)N1CCC(F)(F)C(CS(=O)(=O)Cl)C1. The third-order valence-corrected chi connectivity index (χ3v) is 4.80. The molecule has 0 N–H and O–H groups in total. The normalized spacial score (nSPS) is 21.0. The molecule has 1 fully saturated rings. The molecule has 1 unspecified atom stereocenters. The minimum atomic E-state index is -4.09. The third-order valence-electron chi connectivity index (χ3n) is 3.62. The minimum absolute atomic E-state index is 0.0189. The summed E-state index contributed by atoms with van der Waals surface area (Å²) in [5.41, 5.74) is 0.767. The van der Waals surface area contributed by atoms with Gasteiger partial charge in [-0.05, 0) is 5.56 Å². The van der Waals surface area contributed by atoms with E-state index < -0.39 is 45.7 Å². The highest BCUT2D eigenvalue weighted by atomic mass is 35.7. The predicted molar refractivity (Wildman–Crippen MR) is 80.9 cm³/mol. The molecule has 2 rings (SSSR count). The van der Waals surface area contributed by atoms with Crippen LogP contribution < -0.4 is 0 Å². The Hall–Kier alpha value is -1.41. The summed E-state index contributed by atoms with van der Waals surface area (Å²) in [7, 11) is 0.981. The molecule has 9 heteroatoms. The van der Waals surface area contributed by atoms with E-state index in [1.165, 1.54) is 0 Å². The largest absolute Gasteiger partial charge is 0.445 e. The first-order valence-electron chi connectivity index (χ1n) is 6.93. The summed E-state index contributed by atoms with van der Waals surface area (Å²) in [6, 6.07) is 8.91. The maximum atomic E-state index is 13.8. The van der Waals surface area contributed by atoms with Crippen molar-refractivity contribution < 1.29 is 26.7 Å². The molecule has 1 heterocycles. The van der Waals surface area contributed by atoms with Crippen LogP contribution in [0.25, 0.3) is 0 Å². The molecule has 128 valence electrons. The summed E-state index contributed by atoms with van der Waals surface area (Å²) in [4.78, 5) is 13.1. The van der Waals surface area contributed by atoms with Crippen LogP contribution in [0, 0.1) is 5.92 Å². The van der Waals surface area contributed by atoms with Crippen LogP contribution in [0.15, 0.2) is 30.3 Å². The number of nitrogens with zero attached hydrogens (tertiary/aromatic N) is 1. The van der Waals surface area contributed by atoms with Gasteiger partial charge in [0.25, 0.3) is 5.92 Å². The number of carbonyl (C=O) groups is 1. The van der Waals surface area contributed by atoms with Gasteiger partial charge in [-0.1, -0.05) is 30.3 Å². The highest BCUT2D eigenvalue weighted by Crippen LogP contribution is 2.35. The highest BCUT2D eigenvalue weighted by Gasteiger charge is 2.47. The summed E-state index contributed by atoms with van der Waals surface area (Å²) in [5, 5.41) is 0. The topological polar surface area (TPSA) is 63.7 Å². The number of benzene rings is 1. The fourth-order valence-corrected chi connectivity index (χ4v) is 3.66. The summed E-state index contributed by atoms with van der Waals surface area (Å²) >= 11 is 0. The van der Waals surface area contributed by atoms with Crippen molar-refractivity contribution in [3.8, 4) is 0 Å². The van der Waals surface area contributed by atoms with Crippen molar-refractivity contribution in [3.63, 3.8) is 0 Å². The molecule has 1 atom stereocenters. The number of likely N-dealkylation sites (tertiary alicyclic amines) is 1. The van der Waals surface area contributed by atoms with Gasteiger partial charge in [-0.2, -0.15) is 0 Å².